The van der Waals surface area contributed by atoms with Crippen LogP contribution in [0.1, 0.15) is 10.4 Å². The van der Waals surface area contributed by atoms with Crippen LogP contribution in [-0.2, 0) is 0 Å². The SMILES string of the molecule is O=Cc1ccc([B-](F)(F)F)c(Cl)c1.[K+]. The van der Waals surface area contributed by atoms with E-state index >= 15 is 0 Å². The van der Waals surface area contributed by atoms with Crippen LogP contribution in [0.15, 0.2) is 18.2 Å². The molecule has 1 rings (SSSR count). The van der Waals surface area contributed by atoms with E-state index in [2.05, 4.69) is 0 Å². The molecule has 1 aromatic carbocycles. The molecule has 0 spiro atoms. The van der Waals surface area contributed by atoms with E-state index < -0.39 is 17.5 Å². The minimum absolute atomic E-state index is 0. The molecule has 0 fully saturated rings. The molecule has 0 aliphatic heterocycles. The first-order valence-electron chi connectivity index (χ1n) is 3.39. The molecule has 0 heterocycles. The van der Waals surface area contributed by atoms with Crippen molar-refractivity contribution in [1.82, 2.24) is 0 Å². The second-order valence-electron chi connectivity index (χ2n) is 2.47. The van der Waals surface area contributed by atoms with Crippen LogP contribution in [0.5, 0.6) is 0 Å². The van der Waals surface area contributed by atoms with E-state index in [9.17, 15) is 17.7 Å². The Labute approximate surface area is 126 Å². The van der Waals surface area contributed by atoms with E-state index in [1.54, 1.807) is 0 Å². The van der Waals surface area contributed by atoms with Crippen LogP contribution in [0.2, 0.25) is 5.02 Å². The zero-order valence-electron chi connectivity index (χ0n) is 7.31. The van der Waals surface area contributed by atoms with E-state index in [4.69, 9.17) is 11.6 Å². The van der Waals surface area contributed by atoms with E-state index in [1.165, 1.54) is 0 Å². The number of rotatable bonds is 2. The van der Waals surface area contributed by atoms with Gasteiger partial charge in [-0.05, 0) is 6.07 Å². The van der Waals surface area contributed by atoms with Gasteiger partial charge < -0.3 is 12.9 Å². The maximum absolute atomic E-state index is 12.2. The zero-order valence-corrected chi connectivity index (χ0v) is 11.2. The summed E-state index contributed by atoms with van der Waals surface area (Å²) >= 11 is 5.33. The monoisotopic (exact) mass is 246 g/mol. The van der Waals surface area contributed by atoms with Gasteiger partial charge in [0.2, 0.25) is 0 Å². The maximum Gasteiger partial charge on any atom is 1.00 e. The van der Waals surface area contributed by atoms with Crippen LogP contribution in [0.3, 0.4) is 0 Å². The van der Waals surface area contributed by atoms with Crippen molar-refractivity contribution in [2.75, 3.05) is 0 Å². The van der Waals surface area contributed by atoms with Crippen LogP contribution in [-0.4, -0.2) is 13.3 Å². The molecule has 0 unspecified atom stereocenters. The molecular formula is C7H4BClF3KO. The van der Waals surface area contributed by atoms with Crippen LogP contribution in [0.4, 0.5) is 12.9 Å². The molecule has 0 saturated heterocycles. The Bertz CT molecular complexity index is 342. The van der Waals surface area contributed by atoms with Crippen molar-refractivity contribution in [1.29, 1.82) is 0 Å². The second kappa shape index (κ2) is 5.67. The average Bonchev–Trinajstić information content (AvgIpc) is 2.01. The van der Waals surface area contributed by atoms with Crippen LogP contribution in [0, 0.1) is 0 Å². The number of carbonyl (C=O) groups excluding carboxylic acids is 1. The number of benzene rings is 1. The molecule has 0 aliphatic carbocycles. The zero-order chi connectivity index (χ0) is 10.1. The standard InChI is InChI=1S/C7H4BClF3O.K/c9-7-3-5(4-13)1-2-6(7)8(10,11)12;/h1-4H;/q-1;+1. The third kappa shape index (κ3) is 3.68. The Balaban J connectivity index is 0.00000169. The first-order valence-corrected chi connectivity index (χ1v) is 3.77. The van der Waals surface area contributed by atoms with Gasteiger partial charge >= 0.3 is 58.4 Å². The molecule has 0 aromatic heterocycles. The quantitative estimate of drug-likeness (QED) is 0.494. The normalized spacial score (nSPS) is 10.6. The number of hydrogen-bond acceptors (Lipinski definition) is 1. The van der Waals surface area contributed by atoms with E-state index in [1.807, 2.05) is 0 Å². The summed E-state index contributed by atoms with van der Waals surface area (Å²) in [6, 6.07) is 2.90. The fraction of sp³-hybridized carbons (Fsp3) is 0. The second-order valence-corrected chi connectivity index (χ2v) is 2.88. The van der Waals surface area contributed by atoms with Gasteiger partial charge in [0.1, 0.15) is 6.29 Å². The van der Waals surface area contributed by atoms with Gasteiger partial charge in [0.25, 0.3) is 0 Å². The Morgan fingerprint density at radius 2 is 1.86 bits per heavy atom. The molecule has 0 radical (unpaired) electrons. The van der Waals surface area contributed by atoms with Crippen LogP contribution in [0.25, 0.3) is 0 Å². The summed E-state index contributed by atoms with van der Waals surface area (Å²) in [5.41, 5.74) is -0.735. The smallest absolute Gasteiger partial charge is 0.445 e. The Hall–Kier alpha value is 0.671. The predicted octanol–water partition coefficient (Wildman–Crippen LogP) is -0.789. The first kappa shape index (κ1) is 14.7. The first-order chi connectivity index (χ1) is 5.95. The van der Waals surface area contributed by atoms with Gasteiger partial charge in [0, 0.05) is 10.6 Å². The molecule has 0 bridgehead atoms. The van der Waals surface area contributed by atoms with Gasteiger partial charge in [-0.15, -0.1) is 0 Å². The Morgan fingerprint density at radius 1 is 1.29 bits per heavy atom. The molecule has 70 valence electrons. The summed E-state index contributed by atoms with van der Waals surface area (Å²) in [6.45, 7) is -5.10. The minimum atomic E-state index is -5.10. The van der Waals surface area contributed by atoms with E-state index in [0.29, 0.717) is 6.29 Å². The number of hydrogen-bond donors (Lipinski definition) is 0. The summed E-state index contributed by atoms with van der Waals surface area (Å²) in [5, 5.41) is -0.433. The van der Waals surface area contributed by atoms with Crippen LogP contribution < -0.4 is 56.8 Å². The molecule has 14 heavy (non-hydrogen) atoms. The van der Waals surface area contributed by atoms with Gasteiger partial charge in [0.15, 0.2) is 0 Å². The Kier molecular flexibility index (Phi) is 5.94. The molecule has 1 aromatic rings. The molecule has 0 saturated carbocycles. The van der Waals surface area contributed by atoms with E-state index in [0.717, 1.165) is 18.2 Å². The molecule has 7 heteroatoms. The number of carbonyl (C=O) groups is 1. The van der Waals surface area contributed by atoms with Crippen molar-refractivity contribution in [3.05, 3.63) is 28.8 Å². The van der Waals surface area contributed by atoms with Gasteiger partial charge in [-0.1, -0.05) is 29.2 Å². The van der Waals surface area contributed by atoms with Gasteiger partial charge in [-0.2, -0.15) is 0 Å². The maximum atomic E-state index is 12.2. The summed E-state index contributed by atoms with van der Waals surface area (Å²) < 4.78 is 36.5. The van der Waals surface area contributed by atoms with Gasteiger partial charge in [-0.25, -0.2) is 0 Å². The van der Waals surface area contributed by atoms with Crippen molar-refractivity contribution < 1.29 is 69.1 Å². The fourth-order valence-electron chi connectivity index (χ4n) is 0.882. The summed E-state index contributed by atoms with van der Waals surface area (Å²) in [7, 11) is 0. The van der Waals surface area contributed by atoms with Crippen molar-refractivity contribution in [3.63, 3.8) is 0 Å². The van der Waals surface area contributed by atoms with Crippen molar-refractivity contribution in [2.24, 2.45) is 0 Å². The van der Waals surface area contributed by atoms with Crippen molar-refractivity contribution in [3.8, 4) is 0 Å². The molecule has 0 atom stereocenters. The third-order valence-corrected chi connectivity index (χ3v) is 1.84. The predicted molar refractivity (Wildman–Crippen MR) is 45.6 cm³/mol. The largest absolute Gasteiger partial charge is 1.00 e. The van der Waals surface area contributed by atoms with Crippen molar-refractivity contribution in [2.45, 2.75) is 0 Å². The molecular weight excluding hydrogens is 242 g/mol. The molecule has 0 aliphatic rings. The third-order valence-electron chi connectivity index (χ3n) is 1.51. The van der Waals surface area contributed by atoms with Gasteiger partial charge in [0.05, 0.1) is 0 Å². The van der Waals surface area contributed by atoms with Gasteiger partial charge in [-0.3, -0.25) is 4.79 Å². The number of halogens is 4. The topological polar surface area (TPSA) is 17.1 Å². The van der Waals surface area contributed by atoms with Crippen molar-refractivity contribution >= 4 is 30.3 Å². The minimum Gasteiger partial charge on any atom is -0.445 e. The summed E-state index contributed by atoms with van der Waals surface area (Å²) in [4.78, 5) is 10.2. The van der Waals surface area contributed by atoms with Crippen LogP contribution >= 0.6 is 11.6 Å². The Morgan fingerprint density at radius 3 is 2.21 bits per heavy atom. The summed E-state index contributed by atoms with van der Waals surface area (Å²) in [6.07, 6.45) is 0.443. The van der Waals surface area contributed by atoms with E-state index in [-0.39, 0.29) is 56.9 Å². The molecule has 0 amide bonds. The molecule has 0 N–H and O–H groups in total. The summed E-state index contributed by atoms with van der Waals surface area (Å²) in [5.74, 6) is 0. The molecule has 1 nitrogen and oxygen atoms in total. The average molecular weight is 246 g/mol. The number of aldehydes is 1. The fourth-order valence-corrected chi connectivity index (χ4v) is 1.19.